The fourth-order valence-electron chi connectivity index (χ4n) is 3.17. The molecule has 0 saturated carbocycles. The van der Waals surface area contributed by atoms with Gasteiger partial charge in [-0.1, -0.05) is 47.6 Å². The molecular formula is C17H24O5Si. The number of rotatable bonds is 1. The maximum Gasteiger partial charge on any atom is 0.473 e. The predicted molar refractivity (Wildman–Crippen MR) is 89.0 cm³/mol. The van der Waals surface area contributed by atoms with E-state index in [9.17, 15) is 9.59 Å². The first kappa shape index (κ1) is 17.5. The molecule has 0 N–H and O–H groups in total. The highest BCUT2D eigenvalue weighted by Gasteiger charge is 2.65. The van der Waals surface area contributed by atoms with E-state index in [-0.39, 0.29) is 27.0 Å². The minimum absolute atomic E-state index is 0.257. The van der Waals surface area contributed by atoms with Crippen molar-refractivity contribution in [2.45, 2.75) is 51.6 Å². The predicted octanol–water partition coefficient (Wildman–Crippen LogP) is 4.06. The van der Waals surface area contributed by atoms with Crippen LogP contribution in [0.1, 0.15) is 62.3 Å². The average molecular weight is 336 g/mol. The number of carbonyl (C=O) groups excluding carboxylic acids is 2. The number of carbonyl (C=O) groups is 2. The molecule has 1 aromatic rings. The topological polar surface area (TPSA) is 61.8 Å². The zero-order chi connectivity index (χ0) is 17.6. The largest absolute Gasteiger partial charge is 0.510 e. The van der Waals surface area contributed by atoms with Crippen LogP contribution in [0, 0.1) is 0 Å². The van der Waals surface area contributed by atoms with Gasteiger partial charge in [0.1, 0.15) is 11.3 Å². The van der Waals surface area contributed by atoms with Crippen LogP contribution >= 0.6 is 0 Å². The molecule has 0 amide bonds. The molecule has 0 spiro atoms. The molecule has 0 radical (unpaired) electrons. The van der Waals surface area contributed by atoms with E-state index in [1.165, 1.54) is 7.11 Å². The van der Waals surface area contributed by atoms with E-state index in [0.29, 0.717) is 0 Å². The quantitative estimate of drug-likeness (QED) is 0.571. The van der Waals surface area contributed by atoms with E-state index in [2.05, 4.69) is 0 Å². The van der Waals surface area contributed by atoms with Gasteiger partial charge >= 0.3 is 20.5 Å². The van der Waals surface area contributed by atoms with Gasteiger partial charge in [0.05, 0.1) is 12.7 Å². The lowest BCUT2D eigenvalue weighted by Gasteiger charge is -2.49. The zero-order valence-corrected chi connectivity index (χ0v) is 15.8. The summed E-state index contributed by atoms with van der Waals surface area (Å²) in [6.07, 6.45) is 0. The second kappa shape index (κ2) is 5.37. The highest BCUT2D eigenvalue weighted by atomic mass is 28.4. The third-order valence-electron chi connectivity index (χ3n) is 4.10. The molecule has 1 aromatic carbocycles. The number of methoxy groups -OCH3 is 1. The van der Waals surface area contributed by atoms with Crippen molar-refractivity contribution in [1.82, 2.24) is 0 Å². The molecule has 6 heteroatoms. The molecule has 0 atom stereocenters. The SMILES string of the molecule is COC(=O)c1cccc2c1O[Si](C(C)(C)C)(C(C)(C)C)OC2=O. The molecule has 0 fully saturated rings. The summed E-state index contributed by atoms with van der Waals surface area (Å²) in [5.74, 6) is -0.678. The lowest BCUT2D eigenvalue weighted by atomic mass is 10.1. The van der Waals surface area contributed by atoms with Gasteiger partial charge in [0.2, 0.25) is 0 Å². The van der Waals surface area contributed by atoms with Crippen LogP contribution in [0.3, 0.4) is 0 Å². The average Bonchev–Trinajstić information content (AvgIpc) is 2.43. The lowest BCUT2D eigenvalue weighted by molar-refractivity contribution is 0.0579. The van der Waals surface area contributed by atoms with Gasteiger partial charge in [0.25, 0.3) is 0 Å². The van der Waals surface area contributed by atoms with Gasteiger partial charge in [-0.05, 0) is 12.1 Å². The second-order valence-electron chi connectivity index (χ2n) is 7.78. The Kier molecular flexibility index (Phi) is 4.09. The first-order chi connectivity index (χ1) is 10.4. The molecule has 23 heavy (non-hydrogen) atoms. The fraction of sp³-hybridized carbons (Fsp3) is 0.529. The first-order valence-electron chi connectivity index (χ1n) is 7.58. The Bertz CT molecular complexity index is 638. The Balaban J connectivity index is 2.71. The number of ether oxygens (including phenoxy) is 1. The second-order valence-corrected chi connectivity index (χ2v) is 12.4. The molecule has 1 aliphatic rings. The molecule has 126 valence electrons. The summed E-state index contributed by atoms with van der Waals surface area (Å²) < 4.78 is 17.1. The zero-order valence-electron chi connectivity index (χ0n) is 14.8. The van der Waals surface area contributed by atoms with Gasteiger partial charge in [-0.3, -0.25) is 0 Å². The van der Waals surface area contributed by atoms with Crippen LogP contribution < -0.4 is 4.43 Å². The van der Waals surface area contributed by atoms with E-state index >= 15 is 0 Å². The molecule has 0 aliphatic carbocycles. The Morgan fingerprint density at radius 2 is 1.61 bits per heavy atom. The van der Waals surface area contributed by atoms with E-state index in [1.807, 2.05) is 41.5 Å². The van der Waals surface area contributed by atoms with E-state index in [4.69, 9.17) is 13.6 Å². The van der Waals surface area contributed by atoms with Crippen molar-refractivity contribution < 1.29 is 23.2 Å². The van der Waals surface area contributed by atoms with Crippen LogP contribution in [0.25, 0.3) is 0 Å². The van der Waals surface area contributed by atoms with Crippen LogP contribution in [0.5, 0.6) is 5.75 Å². The molecular weight excluding hydrogens is 312 g/mol. The number of para-hydroxylation sites is 1. The Labute approximate surface area is 138 Å². The summed E-state index contributed by atoms with van der Waals surface area (Å²) in [5, 5.41) is -0.746. The van der Waals surface area contributed by atoms with Crippen LogP contribution in [0.2, 0.25) is 10.1 Å². The van der Waals surface area contributed by atoms with Gasteiger partial charge in [0.15, 0.2) is 0 Å². The summed E-state index contributed by atoms with van der Waals surface area (Å²) in [4.78, 5) is 24.7. The molecule has 0 unspecified atom stereocenters. The third kappa shape index (κ3) is 2.65. The highest BCUT2D eigenvalue weighted by molar-refractivity contribution is 6.76. The molecule has 1 aliphatic heterocycles. The number of fused-ring (bicyclic) bond motifs is 1. The van der Waals surface area contributed by atoms with Crippen molar-refractivity contribution in [3.8, 4) is 5.75 Å². The Hall–Kier alpha value is -1.82. The highest BCUT2D eigenvalue weighted by Crippen LogP contribution is 2.55. The maximum atomic E-state index is 12.6. The third-order valence-corrected chi connectivity index (χ3v) is 9.01. The van der Waals surface area contributed by atoms with Gasteiger partial charge in [-0.2, -0.15) is 0 Å². The minimum Gasteiger partial charge on any atom is -0.510 e. The number of benzene rings is 1. The molecule has 2 rings (SSSR count). The van der Waals surface area contributed by atoms with Crippen molar-refractivity contribution in [1.29, 1.82) is 0 Å². The van der Waals surface area contributed by atoms with E-state index < -0.39 is 20.5 Å². The summed E-state index contributed by atoms with van der Waals surface area (Å²) in [7, 11) is -1.74. The fourth-order valence-corrected chi connectivity index (χ4v) is 7.56. The van der Waals surface area contributed by atoms with Crippen LogP contribution in [-0.4, -0.2) is 27.6 Å². The Morgan fingerprint density at radius 1 is 1.04 bits per heavy atom. The smallest absolute Gasteiger partial charge is 0.473 e. The number of hydrogen-bond acceptors (Lipinski definition) is 5. The van der Waals surface area contributed by atoms with Crippen molar-refractivity contribution in [3.05, 3.63) is 29.3 Å². The van der Waals surface area contributed by atoms with Crippen LogP contribution in [-0.2, 0) is 9.16 Å². The van der Waals surface area contributed by atoms with Crippen molar-refractivity contribution in [2.75, 3.05) is 7.11 Å². The van der Waals surface area contributed by atoms with Gasteiger partial charge in [-0.25, -0.2) is 9.59 Å². The van der Waals surface area contributed by atoms with Crippen molar-refractivity contribution in [3.63, 3.8) is 0 Å². The number of hydrogen-bond donors (Lipinski definition) is 0. The lowest BCUT2D eigenvalue weighted by Crippen LogP contribution is -2.62. The van der Waals surface area contributed by atoms with Crippen molar-refractivity contribution in [2.24, 2.45) is 0 Å². The van der Waals surface area contributed by atoms with E-state index in [1.54, 1.807) is 18.2 Å². The van der Waals surface area contributed by atoms with E-state index in [0.717, 1.165) is 0 Å². The van der Waals surface area contributed by atoms with Gasteiger partial charge in [-0.15, -0.1) is 0 Å². The summed E-state index contributed by atoms with van der Waals surface area (Å²) in [6, 6.07) is 4.83. The standard InChI is InChI=1S/C17H24O5Si/c1-16(2,3)23(17(4,5)6)21-13-11(14(18)20-7)9-8-10-12(13)15(19)22-23/h8-10H,1-7H3. The summed E-state index contributed by atoms with van der Waals surface area (Å²) in [5.41, 5.74) is 0.525. The summed E-state index contributed by atoms with van der Waals surface area (Å²) in [6.45, 7) is 12.0. The molecule has 0 bridgehead atoms. The minimum atomic E-state index is -3.05. The molecule has 1 heterocycles. The van der Waals surface area contributed by atoms with Crippen LogP contribution in [0.4, 0.5) is 0 Å². The Morgan fingerprint density at radius 3 is 2.09 bits per heavy atom. The van der Waals surface area contributed by atoms with Gasteiger partial charge in [0, 0.05) is 10.1 Å². The monoisotopic (exact) mass is 336 g/mol. The maximum absolute atomic E-state index is 12.6. The van der Waals surface area contributed by atoms with Crippen molar-refractivity contribution >= 4 is 20.5 Å². The molecule has 5 nitrogen and oxygen atoms in total. The first-order valence-corrected chi connectivity index (χ1v) is 9.40. The normalized spacial score (nSPS) is 16.9. The van der Waals surface area contributed by atoms with Gasteiger partial charge < -0.3 is 13.6 Å². The molecule has 0 aromatic heterocycles. The number of esters is 1. The van der Waals surface area contributed by atoms with Crippen LogP contribution in [0.15, 0.2) is 18.2 Å². The summed E-state index contributed by atoms with van der Waals surface area (Å²) >= 11 is 0. The molecule has 0 saturated heterocycles.